The Morgan fingerprint density at radius 1 is 1.29 bits per heavy atom. The molecule has 2 heterocycles. The van der Waals surface area contributed by atoms with Gasteiger partial charge in [0.2, 0.25) is 5.88 Å². The van der Waals surface area contributed by atoms with E-state index in [9.17, 15) is 5.11 Å². The van der Waals surface area contributed by atoms with Crippen LogP contribution in [0.25, 0.3) is 11.4 Å². The average molecular weight is 271 g/mol. The first-order chi connectivity index (χ1) is 8.11. The summed E-state index contributed by atoms with van der Waals surface area (Å²) in [6, 6.07) is 4.62. The lowest BCUT2D eigenvalue weighted by molar-refractivity contribution is 0.398. The van der Waals surface area contributed by atoms with Crippen molar-refractivity contribution in [1.82, 2.24) is 9.97 Å². The first kappa shape index (κ1) is 12.0. The smallest absolute Gasteiger partial charge is 0.215 e. The van der Waals surface area contributed by atoms with E-state index in [1.807, 2.05) is 0 Å². The first-order valence-corrected chi connectivity index (χ1v) is 5.43. The Hall–Kier alpha value is -1.52. The molecule has 1 N–H and O–H groups in total. The van der Waals surface area contributed by atoms with Gasteiger partial charge in [0.25, 0.3) is 0 Å². The van der Waals surface area contributed by atoms with Crippen molar-refractivity contribution in [2.24, 2.45) is 0 Å². The molecule has 0 fully saturated rings. The van der Waals surface area contributed by atoms with Crippen LogP contribution in [0.1, 0.15) is 0 Å². The van der Waals surface area contributed by atoms with Crippen molar-refractivity contribution < 1.29 is 9.84 Å². The molecule has 0 unspecified atom stereocenters. The van der Waals surface area contributed by atoms with Gasteiger partial charge >= 0.3 is 0 Å². The SMILES string of the molecule is COc1cc(Cl)cc(-c2nccc(Cl)c2O)n1. The second-order valence-corrected chi connectivity index (χ2v) is 4.05. The number of hydrogen-bond donors (Lipinski definition) is 1. The largest absolute Gasteiger partial charge is 0.504 e. The molecule has 0 bridgehead atoms. The topological polar surface area (TPSA) is 55.2 Å². The zero-order valence-electron chi connectivity index (χ0n) is 8.82. The summed E-state index contributed by atoms with van der Waals surface area (Å²) in [5.74, 6) is 0.208. The lowest BCUT2D eigenvalue weighted by Crippen LogP contribution is -1.92. The van der Waals surface area contributed by atoms with Gasteiger partial charge in [-0.1, -0.05) is 23.2 Å². The Bertz CT molecular complexity index is 561. The Balaban J connectivity index is 2.60. The minimum atomic E-state index is -0.133. The number of halogens is 2. The zero-order valence-corrected chi connectivity index (χ0v) is 10.3. The quantitative estimate of drug-likeness (QED) is 0.911. The summed E-state index contributed by atoms with van der Waals surface area (Å²) in [6.07, 6.45) is 1.48. The second-order valence-electron chi connectivity index (χ2n) is 3.20. The van der Waals surface area contributed by atoms with E-state index in [0.29, 0.717) is 16.6 Å². The monoisotopic (exact) mass is 270 g/mol. The molecule has 0 aromatic carbocycles. The number of rotatable bonds is 2. The van der Waals surface area contributed by atoms with Crippen LogP contribution in [0.3, 0.4) is 0 Å². The molecular weight excluding hydrogens is 263 g/mol. The highest BCUT2D eigenvalue weighted by molar-refractivity contribution is 6.32. The van der Waals surface area contributed by atoms with Crippen LogP contribution in [0.15, 0.2) is 24.4 Å². The van der Waals surface area contributed by atoms with Crippen molar-refractivity contribution in [2.75, 3.05) is 7.11 Å². The van der Waals surface area contributed by atoms with Crippen molar-refractivity contribution in [3.63, 3.8) is 0 Å². The molecule has 0 saturated carbocycles. The third-order valence-corrected chi connectivity index (χ3v) is 2.62. The van der Waals surface area contributed by atoms with Crippen LogP contribution in [-0.2, 0) is 0 Å². The van der Waals surface area contributed by atoms with Crippen LogP contribution in [0.4, 0.5) is 0 Å². The molecule has 0 spiro atoms. The minimum Gasteiger partial charge on any atom is -0.504 e. The number of nitrogens with zero attached hydrogens (tertiary/aromatic N) is 2. The molecule has 0 saturated heterocycles. The van der Waals surface area contributed by atoms with E-state index in [2.05, 4.69) is 9.97 Å². The highest BCUT2D eigenvalue weighted by Crippen LogP contribution is 2.33. The Morgan fingerprint density at radius 2 is 2.06 bits per heavy atom. The van der Waals surface area contributed by atoms with Gasteiger partial charge in [-0.25, -0.2) is 4.98 Å². The van der Waals surface area contributed by atoms with Crippen molar-refractivity contribution in [3.05, 3.63) is 34.4 Å². The van der Waals surface area contributed by atoms with E-state index in [4.69, 9.17) is 27.9 Å². The number of pyridine rings is 2. The summed E-state index contributed by atoms with van der Waals surface area (Å²) in [5, 5.41) is 10.4. The summed E-state index contributed by atoms with van der Waals surface area (Å²) in [4.78, 5) is 8.15. The molecular formula is C11H8Cl2N2O2. The van der Waals surface area contributed by atoms with Gasteiger partial charge < -0.3 is 9.84 Å². The van der Waals surface area contributed by atoms with Crippen molar-refractivity contribution in [2.45, 2.75) is 0 Å². The molecule has 0 atom stereocenters. The third kappa shape index (κ3) is 2.43. The van der Waals surface area contributed by atoms with E-state index in [-0.39, 0.29) is 16.5 Å². The fourth-order valence-electron chi connectivity index (χ4n) is 1.32. The molecule has 2 aromatic rings. The predicted octanol–water partition coefficient (Wildman–Crippen LogP) is 3.16. The molecule has 0 aliphatic carbocycles. The Kier molecular flexibility index (Phi) is 3.36. The molecule has 17 heavy (non-hydrogen) atoms. The van der Waals surface area contributed by atoms with Crippen molar-refractivity contribution >= 4 is 23.2 Å². The maximum Gasteiger partial charge on any atom is 0.215 e. The minimum absolute atomic E-state index is 0.133. The fourth-order valence-corrected chi connectivity index (χ4v) is 1.66. The zero-order chi connectivity index (χ0) is 12.4. The van der Waals surface area contributed by atoms with Gasteiger partial charge in [0.15, 0.2) is 5.75 Å². The van der Waals surface area contributed by atoms with Crippen LogP contribution in [0, 0.1) is 0 Å². The molecule has 0 aliphatic heterocycles. The number of hydrogen-bond acceptors (Lipinski definition) is 4. The fraction of sp³-hybridized carbons (Fsp3) is 0.0909. The summed E-state index contributed by atoms with van der Waals surface area (Å²) in [6.45, 7) is 0. The van der Waals surface area contributed by atoms with E-state index in [1.165, 1.54) is 19.4 Å². The molecule has 0 amide bonds. The van der Waals surface area contributed by atoms with Crippen LogP contribution in [0.5, 0.6) is 11.6 Å². The van der Waals surface area contributed by atoms with Gasteiger partial charge in [0.1, 0.15) is 5.69 Å². The highest BCUT2D eigenvalue weighted by Gasteiger charge is 2.12. The molecule has 2 rings (SSSR count). The highest BCUT2D eigenvalue weighted by atomic mass is 35.5. The van der Waals surface area contributed by atoms with Gasteiger partial charge in [0, 0.05) is 17.3 Å². The number of methoxy groups -OCH3 is 1. The summed E-state index contributed by atoms with van der Waals surface area (Å²) < 4.78 is 4.99. The number of ether oxygens (including phenoxy) is 1. The normalized spacial score (nSPS) is 10.3. The molecule has 6 heteroatoms. The lowest BCUT2D eigenvalue weighted by Gasteiger charge is -2.06. The van der Waals surface area contributed by atoms with Gasteiger partial charge in [0.05, 0.1) is 17.8 Å². The van der Waals surface area contributed by atoms with E-state index >= 15 is 0 Å². The van der Waals surface area contributed by atoms with Gasteiger partial charge in [-0.3, -0.25) is 4.98 Å². The molecule has 0 aliphatic rings. The van der Waals surface area contributed by atoms with E-state index in [0.717, 1.165) is 0 Å². The van der Waals surface area contributed by atoms with Crippen molar-refractivity contribution in [3.8, 4) is 23.0 Å². The maximum absolute atomic E-state index is 9.79. The second kappa shape index (κ2) is 4.77. The van der Waals surface area contributed by atoms with E-state index < -0.39 is 0 Å². The summed E-state index contributed by atoms with van der Waals surface area (Å²) in [5.41, 5.74) is 0.660. The predicted molar refractivity (Wildman–Crippen MR) is 65.7 cm³/mol. The number of aromatic hydroxyl groups is 1. The van der Waals surface area contributed by atoms with E-state index in [1.54, 1.807) is 12.1 Å². The maximum atomic E-state index is 9.79. The first-order valence-electron chi connectivity index (χ1n) is 4.67. The summed E-state index contributed by atoms with van der Waals surface area (Å²) >= 11 is 11.7. The van der Waals surface area contributed by atoms with Crippen molar-refractivity contribution in [1.29, 1.82) is 0 Å². The molecule has 4 nitrogen and oxygen atoms in total. The van der Waals surface area contributed by atoms with Gasteiger partial charge in [-0.05, 0) is 12.1 Å². The molecule has 2 aromatic heterocycles. The van der Waals surface area contributed by atoms with Gasteiger partial charge in [-0.2, -0.15) is 0 Å². The summed E-state index contributed by atoms with van der Waals surface area (Å²) in [7, 11) is 1.48. The third-order valence-electron chi connectivity index (χ3n) is 2.09. The Morgan fingerprint density at radius 3 is 2.76 bits per heavy atom. The average Bonchev–Trinajstić information content (AvgIpc) is 2.31. The molecule has 88 valence electrons. The van der Waals surface area contributed by atoms with Crippen LogP contribution in [0.2, 0.25) is 10.0 Å². The van der Waals surface area contributed by atoms with Gasteiger partial charge in [-0.15, -0.1) is 0 Å². The van der Waals surface area contributed by atoms with Crippen LogP contribution in [-0.4, -0.2) is 22.2 Å². The van der Waals surface area contributed by atoms with Crippen LogP contribution >= 0.6 is 23.2 Å². The van der Waals surface area contributed by atoms with Crippen LogP contribution < -0.4 is 4.74 Å². The molecule has 0 radical (unpaired) electrons. The standard InChI is InChI=1S/C11H8Cl2N2O2/c1-17-9-5-6(12)4-8(15-9)10-11(16)7(13)2-3-14-10/h2-5,16H,1H3. The lowest BCUT2D eigenvalue weighted by atomic mass is 10.2. The number of aromatic nitrogens is 2. The Labute approximate surface area is 108 Å².